The standard InChI is InChI=1S/C15H17BrN2O2S/c1-18(10-9-12-5-3-2-4-6-12)21(19,20)15-11-13(16)7-8-14(15)17/h2-8,11H,9-10,17H2,1H3. The number of anilines is 1. The van der Waals surface area contributed by atoms with Gasteiger partial charge in [0.2, 0.25) is 10.0 Å². The molecule has 0 radical (unpaired) electrons. The van der Waals surface area contributed by atoms with E-state index in [2.05, 4.69) is 15.9 Å². The number of hydrogen-bond acceptors (Lipinski definition) is 3. The zero-order valence-corrected chi connectivity index (χ0v) is 14.1. The highest BCUT2D eigenvalue weighted by Crippen LogP contribution is 2.25. The molecule has 4 nitrogen and oxygen atoms in total. The van der Waals surface area contributed by atoms with Gasteiger partial charge in [-0.2, -0.15) is 0 Å². The smallest absolute Gasteiger partial charge is 0.244 e. The summed E-state index contributed by atoms with van der Waals surface area (Å²) in [5, 5.41) is 0. The maximum Gasteiger partial charge on any atom is 0.244 e. The van der Waals surface area contributed by atoms with Crippen molar-refractivity contribution >= 4 is 31.6 Å². The van der Waals surface area contributed by atoms with Crippen LogP contribution in [-0.4, -0.2) is 26.3 Å². The summed E-state index contributed by atoms with van der Waals surface area (Å²) in [5.41, 5.74) is 7.15. The molecule has 0 aromatic heterocycles. The van der Waals surface area contributed by atoms with Crippen LogP contribution < -0.4 is 5.73 Å². The molecular weight excluding hydrogens is 352 g/mol. The lowest BCUT2D eigenvalue weighted by Crippen LogP contribution is -2.29. The molecule has 2 N–H and O–H groups in total. The van der Waals surface area contributed by atoms with E-state index in [0.717, 1.165) is 5.56 Å². The molecule has 0 aliphatic rings. The molecule has 2 rings (SSSR count). The van der Waals surface area contributed by atoms with Gasteiger partial charge in [0, 0.05) is 18.1 Å². The Hall–Kier alpha value is -1.37. The molecule has 0 bridgehead atoms. The molecule has 112 valence electrons. The quantitative estimate of drug-likeness (QED) is 0.825. The number of sulfonamides is 1. The number of nitrogens with zero attached hydrogens (tertiary/aromatic N) is 1. The Bertz CT molecular complexity index is 718. The fourth-order valence-corrected chi connectivity index (χ4v) is 3.77. The molecule has 0 amide bonds. The number of rotatable bonds is 5. The number of benzene rings is 2. The fraction of sp³-hybridized carbons (Fsp3) is 0.200. The molecule has 0 atom stereocenters. The zero-order chi connectivity index (χ0) is 15.5. The van der Waals surface area contributed by atoms with E-state index in [4.69, 9.17) is 5.73 Å². The summed E-state index contributed by atoms with van der Waals surface area (Å²) < 4.78 is 27.1. The van der Waals surface area contributed by atoms with Crippen LogP contribution in [0.15, 0.2) is 57.9 Å². The van der Waals surface area contributed by atoms with Crippen molar-refractivity contribution in [1.82, 2.24) is 4.31 Å². The maximum absolute atomic E-state index is 12.6. The Labute approximate surface area is 133 Å². The van der Waals surface area contributed by atoms with E-state index in [1.807, 2.05) is 30.3 Å². The van der Waals surface area contributed by atoms with Gasteiger partial charge < -0.3 is 5.73 Å². The Morgan fingerprint density at radius 1 is 1.14 bits per heavy atom. The van der Waals surface area contributed by atoms with Crippen molar-refractivity contribution in [3.05, 3.63) is 58.6 Å². The molecule has 0 unspecified atom stereocenters. The number of likely N-dealkylation sites (N-methyl/N-ethyl adjacent to an activating group) is 1. The van der Waals surface area contributed by atoms with Crippen LogP contribution in [0.4, 0.5) is 5.69 Å². The Balaban J connectivity index is 2.17. The van der Waals surface area contributed by atoms with Gasteiger partial charge in [-0.3, -0.25) is 0 Å². The zero-order valence-electron chi connectivity index (χ0n) is 11.7. The molecule has 6 heteroatoms. The third kappa shape index (κ3) is 3.84. The monoisotopic (exact) mass is 368 g/mol. The molecular formula is C15H17BrN2O2S. The van der Waals surface area contributed by atoms with Crippen LogP contribution in [0, 0.1) is 0 Å². The van der Waals surface area contributed by atoms with Crippen molar-refractivity contribution in [3.63, 3.8) is 0 Å². The lowest BCUT2D eigenvalue weighted by Gasteiger charge is -2.18. The minimum Gasteiger partial charge on any atom is -0.398 e. The van der Waals surface area contributed by atoms with Crippen LogP contribution >= 0.6 is 15.9 Å². The van der Waals surface area contributed by atoms with Crippen LogP contribution in [0.25, 0.3) is 0 Å². The van der Waals surface area contributed by atoms with Crippen molar-refractivity contribution in [2.45, 2.75) is 11.3 Å². The maximum atomic E-state index is 12.6. The second kappa shape index (κ2) is 6.60. The first-order chi connectivity index (χ1) is 9.91. The summed E-state index contributed by atoms with van der Waals surface area (Å²) in [6.07, 6.45) is 0.657. The van der Waals surface area contributed by atoms with Gasteiger partial charge >= 0.3 is 0 Å². The predicted octanol–water partition coefficient (Wildman–Crippen LogP) is 2.89. The van der Waals surface area contributed by atoms with E-state index in [-0.39, 0.29) is 10.6 Å². The largest absolute Gasteiger partial charge is 0.398 e. The highest BCUT2D eigenvalue weighted by atomic mass is 79.9. The number of nitrogen functional groups attached to an aromatic ring is 1. The Kier molecular flexibility index (Phi) is 5.03. The van der Waals surface area contributed by atoms with E-state index >= 15 is 0 Å². The van der Waals surface area contributed by atoms with Gasteiger partial charge in [-0.25, -0.2) is 12.7 Å². The number of halogens is 1. The molecule has 2 aromatic rings. The lowest BCUT2D eigenvalue weighted by molar-refractivity contribution is 0.473. The summed E-state index contributed by atoms with van der Waals surface area (Å²) in [5.74, 6) is 0. The van der Waals surface area contributed by atoms with E-state index in [0.29, 0.717) is 17.4 Å². The van der Waals surface area contributed by atoms with Crippen LogP contribution in [0.5, 0.6) is 0 Å². The molecule has 21 heavy (non-hydrogen) atoms. The first-order valence-corrected chi connectivity index (χ1v) is 8.70. The van der Waals surface area contributed by atoms with Crippen LogP contribution in [0.2, 0.25) is 0 Å². The third-order valence-electron chi connectivity index (χ3n) is 3.22. The highest BCUT2D eigenvalue weighted by molar-refractivity contribution is 9.10. The number of nitrogens with two attached hydrogens (primary N) is 1. The molecule has 0 spiro atoms. The molecule has 0 fully saturated rings. The first kappa shape index (κ1) is 16.0. The predicted molar refractivity (Wildman–Crippen MR) is 88.5 cm³/mol. The lowest BCUT2D eigenvalue weighted by atomic mass is 10.2. The summed E-state index contributed by atoms with van der Waals surface area (Å²) in [7, 11) is -2.02. The van der Waals surface area contributed by atoms with Crippen LogP contribution in [0.1, 0.15) is 5.56 Å². The summed E-state index contributed by atoms with van der Waals surface area (Å²) >= 11 is 3.28. The van der Waals surface area contributed by atoms with E-state index in [1.54, 1.807) is 19.2 Å². The second-order valence-corrected chi connectivity index (χ2v) is 7.67. The summed E-state index contributed by atoms with van der Waals surface area (Å²) in [6, 6.07) is 14.6. The minimum atomic E-state index is -3.58. The van der Waals surface area contributed by atoms with Crippen LogP contribution in [-0.2, 0) is 16.4 Å². The molecule has 0 saturated heterocycles. The SMILES string of the molecule is CN(CCc1ccccc1)S(=O)(=O)c1cc(Br)ccc1N. The topological polar surface area (TPSA) is 63.4 Å². The van der Waals surface area contributed by atoms with Crippen molar-refractivity contribution in [3.8, 4) is 0 Å². The normalized spacial score (nSPS) is 11.8. The van der Waals surface area contributed by atoms with Gasteiger partial charge in [-0.15, -0.1) is 0 Å². The van der Waals surface area contributed by atoms with E-state index in [9.17, 15) is 8.42 Å². The molecule has 0 saturated carbocycles. The molecule has 0 aliphatic carbocycles. The van der Waals surface area contributed by atoms with Gasteiger partial charge in [0.1, 0.15) is 4.90 Å². The van der Waals surface area contributed by atoms with Crippen molar-refractivity contribution in [2.75, 3.05) is 19.3 Å². The van der Waals surface area contributed by atoms with Crippen molar-refractivity contribution in [2.24, 2.45) is 0 Å². The van der Waals surface area contributed by atoms with Crippen molar-refractivity contribution in [1.29, 1.82) is 0 Å². The van der Waals surface area contributed by atoms with Gasteiger partial charge in [-0.1, -0.05) is 46.3 Å². The third-order valence-corrected chi connectivity index (χ3v) is 5.63. The van der Waals surface area contributed by atoms with Crippen molar-refractivity contribution < 1.29 is 8.42 Å². The average molecular weight is 369 g/mol. The van der Waals surface area contributed by atoms with Crippen LogP contribution in [0.3, 0.4) is 0 Å². The average Bonchev–Trinajstić information content (AvgIpc) is 2.48. The van der Waals surface area contributed by atoms with Gasteiger partial charge in [0.15, 0.2) is 0 Å². The van der Waals surface area contributed by atoms with Gasteiger partial charge in [0.25, 0.3) is 0 Å². The first-order valence-electron chi connectivity index (χ1n) is 6.46. The Morgan fingerprint density at radius 2 is 1.81 bits per heavy atom. The molecule has 0 heterocycles. The fourth-order valence-electron chi connectivity index (χ4n) is 1.95. The molecule has 2 aromatic carbocycles. The van der Waals surface area contributed by atoms with E-state index < -0.39 is 10.0 Å². The van der Waals surface area contributed by atoms with Gasteiger partial charge in [-0.05, 0) is 30.2 Å². The minimum absolute atomic E-state index is 0.132. The number of hydrogen-bond donors (Lipinski definition) is 1. The van der Waals surface area contributed by atoms with Gasteiger partial charge in [0.05, 0.1) is 5.69 Å². The van der Waals surface area contributed by atoms with E-state index in [1.165, 1.54) is 10.4 Å². The second-order valence-electron chi connectivity index (χ2n) is 4.74. The summed E-state index contributed by atoms with van der Waals surface area (Å²) in [6.45, 7) is 0.401. The highest BCUT2D eigenvalue weighted by Gasteiger charge is 2.23. The summed E-state index contributed by atoms with van der Waals surface area (Å²) in [4.78, 5) is 0.132. The molecule has 0 aliphatic heterocycles. The Morgan fingerprint density at radius 3 is 2.48 bits per heavy atom.